The van der Waals surface area contributed by atoms with E-state index in [2.05, 4.69) is 31.6 Å². The minimum atomic E-state index is -0.187. The molecule has 138 valence electrons. The van der Waals surface area contributed by atoms with Gasteiger partial charge in [-0.1, -0.05) is 6.07 Å². The van der Waals surface area contributed by atoms with Crippen LogP contribution in [0.15, 0.2) is 23.3 Å². The van der Waals surface area contributed by atoms with Gasteiger partial charge in [-0.05, 0) is 31.7 Å². The first-order valence-corrected chi connectivity index (χ1v) is 8.62. The Bertz CT molecular complexity index is 611. The molecule has 1 aliphatic heterocycles. The molecule has 1 saturated carbocycles. The predicted octanol–water partition coefficient (Wildman–Crippen LogP) is 1.23. The van der Waals surface area contributed by atoms with Crippen LogP contribution in [0.2, 0.25) is 0 Å². The number of rotatable bonds is 5. The minimum Gasteiger partial charge on any atom is -0.369 e. The standard InChI is InChI=1S/C17H26N6O.HI/c1-19-17(22-14-4-5-14)21-11-13-3-2-8-20-16(13)23-9-6-12(7-10-23)15(18)24;/h2-3,8,12,14H,4-7,9-11H2,1H3,(H2,18,24)(H2,19,21,22);1H. The summed E-state index contributed by atoms with van der Waals surface area (Å²) < 4.78 is 0. The number of hydrogen-bond donors (Lipinski definition) is 3. The molecule has 3 rings (SSSR count). The summed E-state index contributed by atoms with van der Waals surface area (Å²) in [6.45, 7) is 2.30. The summed E-state index contributed by atoms with van der Waals surface area (Å²) in [6.07, 6.45) is 5.84. The number of carbonyl (C=O) groups excluding carboxylic acids is 1. The van der Waals surface area contributed by atoms with Gasteiger partial charge in [-0.15, -0.1) is 24.0 Å². The Balaban J connectivity index is 0.00000225. The highest BCUT2D eigenvalue weighted by Crippen LogP contribution is 2.24. The zero-order chi connectivity index (χ0) is 16.9. The Morgan fingerprint density at radius 1 is 1.36 bits per heavy atom. The molecule has 1 amide bonds. The van der Waals surface area contributed by atoms with E-state index in [1.54, 1.807) is 7.05 Å². The van der Waals surface area contributed by atoms with Gasteiger partial charge < -0.3 is 21.3 Å². The number of halogens is 1. The van der Waals surface area contributed by atoms with Gasteiger partial charge in [-0.3, -0.25) is 9.79 Å². The fourth-order valence-electron chi connectivity index (χ4n) is 3.02. The number of hydrogen-bond acceptors (Lipinski definition) is 4. The van der Waals surface area contributed by atoms with Gasteiger partial charge in [0.15, 0.2) is 5.96 Å². The van der Waals surface area contributed by atoms with Gasteiger partial charge in [-0.25, -0.2) is 4.98 Å². The second kappa shape index (κ2) is 9.21. The van der Waals surface area contributed by atoms with Crippen molar-refractivity contribution < 1.29 is 4.79 Å². The van der Waals surface area contributed by atoms with Crippen LogP contribution in [0.1, 0.15) is 31.2 Å². The minimum absolute atomic E-state index is 0. The van der Waals surface area contributed by atoms with Crippen LogP contribution in [-0.4, -0.2) is 43.0 Å². The summed E-state index contributed by atoms with van der Waals surface area (Å²) in [4.78, 5) is 22.4. The van der Waals surface area contributed by atoms with Gasteiger partial charge in [0, 0.05) is 50.4 Å². The van der Waals surface area contributed by atoms with Gasteiger partial charge in [0.05, 0.1) is 0 Å². The number of guanidine groups is 1. The van der Waals surface area contributed by atoms with Crippen molar-refractivity contribution in [2.24, 2.45) is 16.6 Å². The molecule has 0 aromatic carbocycles. The SMILES string of the molecule is CN=C(NCc1cccnc1N1CCC(C(N)=O)CC1)NC1CC1.I. The van der Waals surface area contributed by atoms with Crippen LogP contribution >= 0.6 is 24.0 Å². The number of piperidine rings is 1. The average Bonchev–Trinajstić information content (AvgIpc) is 3.43. The number of anilines is 1. The molecular weight excluding hydrogens is 431 g/mol. The van der Waals surface area contributed by atoms with E-state index in [0.29, 0.717) is 12.6 Å². The number of aliphatic imine (C=N–C) groups is 1. The molecule has 1 saturated heterocycles. The summed E-state index contributed by atoms with van der Waals surface area (Å²) >= 11 is 0. The first-order valence-electron chi connectivity index (χ1n) is 8.62. The van der Waals surface area contributed by atoms with Crippen LogP contribution in [0.5, 0.6) is 0 Å². The first-order chi connectivity index (χ1) is 11.7. The van der Waals surface area contributed by atoms with E-state index in [4.69, 9.17) is 5.73 Å². The maximum atomic E-state index is 11.3. The van der Waals surface area contributed by atoms with E-state index < -0.39 is 0 Å². The molecule has 0 radical (unpaired) electrons. The molecule has 1 aromatic heterocycles. The first kappa shape index (κ1) is 19.7. The number of nitrogens with one attached hydrogen (secondary N) is 2. The summed E-state index contributed by atoms with van der Waals surface area (Å²) in [7, 11) is 1.79. The van der Waals surface area contributed by atoms with E-state index in [-0.39, 0.29) is 35.8 Å². The Morgan fingerprint density at radius 2 is 2.08 bits per heavy atom. The molecule has 2 heterocycles. The number of nitrogens with zero attached hydrogens (tertiary/aromatic N) is 3. The lowest BCUT2D eigenvalue weighted by Gasteiger charge is -2.32. The predicted molar refractivity (Wildman–Crippen MR) is 110 cm³/mol. The van der Waals surface area contributed by atoms with Crippen molar-refractivity contribution in [2.45, 2.75) is 38.3 Å². The number of carbonyl (C=O) groups is 1. The fourth-order valence-corrected chi connectivity index (χ4v) is 3.02. The van der Waals surface area contributed by atoms with Crippen LogP contribution in [-0.2, 0) is 11.3 Å². The van der Waals surface area contributed by atoms with Gasteiger partial charge in [-0.2, -0.15) is 0 Å². The van der Waals surface area contributed by atoms with E-state index in [0.717, 1.165) is 43.3 Å². The van der Waals surface area contributed by atoms with Crippen LogP contribution in [0.4, 0.5) is 5.82 Å². The molecule has 1 aromatic rings. The summed E-state index contributed by atoms with van der Waals surface area (Å²) in [5.41, 5.74) is 6.55. The average molecular weight is 458 g/mol. The number of aromatic nitrogens is 1. The molecule has 1 aliphatic carbocycles. The molecule has 8 heteroatoms. The Labute approximate surface area is 165 Å². The molecule has 2 aliphatic rings. The Hall–Kier alpha value is -1.58. The van der Waals surface area contributed by atoms with Crippen molar-refractivity contribution in [1.29, 1.82) is 0 Å². The van der Waals surface area contributed by atoms with Crippen molar-refractivity contribution in [3.8, 4) is 0 Å². The van der Waals surface area contributed by atoms with Crippen LogP contribution in [0.3, 0.4) is 0 Å². The number of nitrogens with two attached hydrogens (primary N) is 1. The van der Waals surface area contributed by atoms with Crippen molar-refractivity contribution in [3.05, 3.63) is 23.9 Å². The van der Waals surface area contributed by atoms with Crippen LogP contribution in [0.25, 0.3) is 0 Å². The van der Waals surface area contributed by atoms with E-state index in [9.17, 15) is 4.79 Å². The molecule has 0 atom stereocenters. The van der Waals surface area contributed by atoms with Crippen molar-refractivity contribution in [1.82, 2.24) is 15.6 Å². The van der Waals surface area contributed by atoms with Gasteiger partial charge in [0.25, 0.3) is 0 Å². The highest BCUT2D eigenvalue weighted by molar-refractivity contribution is 14.0. The van der Waals surface area contributed by atoms with Crippen LogP contribution < -0.4 is 21.3 Å². The number of pyridine rings is 1. The van der Waals surface area contributed by atoms with Gasteiger partial charge in [0.1, 0.15) is 5.82 Å². The third-order valence-electron chi connectivity index (χ3n) is 4.65. The second-order valence-corrected chi connectivity index (χ2v) is 6.49. The molecule has 25 heavy (non-hydrogen) atoms. The summed E-state index contributed by atoms with van der Waals surface area (Å²) in [5, 5.41) is 6.74. The normalized spacial score (nSPS) is 18.4. The number of amides is 1. The van der Waals surface area contributed by atoms with Gasteiger partial charge in [0.2, 0.25) is 5.91 Å². The maximum Gasteiger partial charge on any atom is 0.220 e. The zero-order valence-electron chi connectivity index (χ0n) is 14.6. The quantitative estimate of drug-likeness (QED) is 0.351. The van der Waals surface area contributed by atoms with Crippen molar-refractivity contribution in [3.63, 3.8) is 0 Å². The fraction of sp³-hybridized carbons (Fsp3) is 0.588. The Kier molecular flexibility index (Phi) is 7.27. The van der Waals surface area contributed by atoms with Gasteiger partial charge >= 0.3 is 0 Å². The molecular formula is C17H27IN6O. The lowest BCUT2D eigenvalue weighted by atomic mass is 9.96. The molecule has 7 nitrogen and oxygen atoms in total. The lowest BCUT2D eigenvalue weighted by molar-refractivity contribution is -0.122. The molecule has 0 spiro atoms. The highest BCUT2D eigenvalue weighted by atomic mass is 127. The summed E-state index contributed by atoms with van der Waals surface area (Å²) in [5.74, 6) is 1.62. The maximum absolute atomic E-state index is 11.3. The van der Waals surface area contributed by atoms with Crippen molar-refractivity contribution in [2.75, 3.05) is 25.0 Å². The van der Waals surface area contributed by atoms with E-state index in [1.165, 1.54) is 12.8 Å². The topological polar surface area (TPSA) is 95.6 Å². The third-order valence-corrected chi connectivity index (χ3v) is 4.65. The number of primary amides is 1. The molecule has 0 unspecified atom stereocenters. The molecule has 2 fully saturated rings. The van der Waals surface area contributed by atoms with Crippen LogP contribution in [0, 0.1) is 5.92 Å². The van der Waals surface area contributed by atoms with E-state index in [1.807, 2.05) is 12.3 Å². The molecule has 4 N–H and O–H groups in total. The van der Waals surface area contributed by atoms with Crippen molar-refractivity contribution >= 4 is 41.7 Å². The van der Waals surface area contributed by atoms with E-state index >= 15 is 0 Å². The second-order valence-electron chi connectivity index (χ2n) is 6.49. The summed E-state index contributed by atoms with van der Waals surface area (Å²) in [6, 6.07) is 4.60. The largest absolute Gasteiger partial charge is 0.369 e. The lowest BCUT2D eigenvalue weighted by Crippen LogP contribution is -2.40. The highest BCUT2D eigenvalue weighted by Gasteiger charge is 2.25. The smallest absolute Gasteiger partial charge is 0.220 e. The zero-order valence-corrected chi connectivity index (χ0v) is 16.9. The molecule has 0 bridgehead atoms. The third kappa shape index (κ3) is 5.45. The monoisotopic (exact) mass is 458 g/mol. The Morgan fingerprint density at radius 3 is 2.68 bits per heavy atom.